The summed E-state index contributed by atoms with van der Waals surface area (Å²) in [6, 6.07) is 0. The van der Waals surface area contributed by atoms with Crippen molar-refractivity contribution in [2.24, 2.45) is 5.92 Å². The Kier molecular flexibility index (Phi) is 4.91. The fourth-order valence-corrected chi connectivity index (χ4v) is 3.85. The lowest BCUT2D eigenvalue weighted by molar-refractivity contribution is 0.540. The van der Waals surface area contributed by atoms with Crippen LogP contribution in [0.2, 0.25) is 0 Å². The maximum atomic E-state index is 11.9. The van der Waals surface area contributed by atoms with Gasteiger partial charge in [0, 0.05) is 12.2 Å². The maximum absolute atomic E-state index is 11.9. The van der Waals surface area contributed by atoms with Gasteiger partial charge in [0.2, 0.25) is 0 Å². The second-order valence-corrected chi connectivity index (χ2v) is 7.31. The molecule has 7 heteroatoms. The van der Waals surface area contributed by atoms with Gasteiger partial charge in [-0.15, -0.1) is 0 Å². The van der Waals surface area contributed by atoms with Crippen LogP contribution in [0.15, 0.2) is 9.00 Å². The molecule has 0 fully saturated rings. The lowest BCUT2D eigenvalue weighted by Gasteiger charge is -2.06. The molecular formula is C10H18N2O3S2. The van der Waals surface area contributed by atoms with Crippen molar-refractivity contribution in [2.75, 3.05) is 6.54 Å². The largest absolute Gasteiger partial charge is 0.315 e. The summed E-state index contributed by atoms with van der Waals surface area (Å²) in [6.07, 6.45) is 1.78. The minimum Gasteiger partial charge on any atom is -0.315 e. The molecule has 17 heavy (non-hydrogen) atoms. The molecule has 1 aromatic heterocycles. The molecule has 0 aliphatic rings. The smallest absolute Gasteiger partial charge is 0.305 e. The van der Waals surface area contributed by atoms with Crippen molar-refractivity contribution in [2.45, 2.75) is 37.8 Å². The molecule has 5 nitrogen and oxygen atoms in total. The molecule has 0 radical (unpaired) electrons. The molecule has 1 heterocycles. The van der Waals surface area contributed by atoms with Crippen LogP contribution in [0, 0.1) is 12.8 Å². The van der Waals surface area contributed by atoms with Gasteiger partial charge in [-0.05, 0) is 25.7 Å². The van der Waals surface area contributed by atoms with E-state index in [2.05, 4.69) is 23.6 Å². The molecule has 0 saturated carbocycles. The van der Waals surface area contributed by atoms with Crippen molar-refractivity contribution in [3.05, 3.63) is 15.4 Å². The third kappa shape index (κ3) is 4.25. The van der Waals surface area contributed by atoms with Crippen molar-refractivity contribution >= 4 is 21.4 Å². The van der Waals surface area contributed by atoms with E-state index >= 15 is 0 Å². The van der Waals surface area contributed by atoms with Crippen LogP contribution in [-0.2, 0) is 10.0 Å². The van der Waals surface area contributed by atoms with Gasteiger partial charge in [0.1, 0.15) is 0 Å². The van der Waals surface area contributed by atoms with Gasteiger partial charge in [-0.25, -0.2) is 13.1 Å². The normalized spacial score (nSPS) is 12.2. The summed E-state index contributed by atoms with van der Waals surface area (Å²) in [7, 11) is -3.53. The maximum Gasteiger partial charge on any atom is 0.305 e. The van der Waals surface area contributed by atoms with Crippen molar-refractivity contribution in [3.8, 4) is 0 Å². The van der Waals surface area contributed by atoms with E-state index in [0.717, 1.165) is 24.2 Å². The predicted octanol–water partition coefficient (Wildman–Crippen LogP) is 1.46. The fourth-order valence-electron chi connectivity index (χ4n) is 1.43. The molecule has 0 amide bonds. The summed E-state index contributed by atoms with van der Waals surface area (Å²) >= 11 is 0.724. The number of hydrogen-bond donors (Lipinski definition) is 2. The Labute approximate surface area is 105 Å². The Morgan fingerprint density at radius 1 is 1.41 bits per heavy atom. The molecule has 2 N–H and O–H groups in total. The van der Waals surface area contributed by atoms with E-state index in [1.165, 1.54) is 0 Å². The number of sulfonamides is 1. The molecule has 0 unspecified atom stereocenters. The number of aromatic nitrogens is 1. The van der Waals surface area contributed by atoms with Crippen LogP contribution in [-0.4, -0.2) is 19.9 Å². The zero-order valence-electron chi connectivity index (χ0n) is 10.2. The number of nitrogens with one attached hydrogen (secondary N) is 2. The standard InChI is InChI=1S/C10H18N2O3S2/c1-7(2)5-4-6-11-17(14,15)9-8(3)12-10(13)16-9/h7,11H,4-6H2,1-3H3,(H,12,13). The first-order valence-electron chi connectivity index (χ1n) is 5.52. The second-order valence-electron chi connectivity index (χ2n) is 4.36. The van der Waals surface area contributed by atoms with Gasteiger partial charge in [-0.1, -0.05) is 25.2 Å². The van der Waals surface area contributed by atoms with Crippen LogP contribution in [0.3, 0.4) is 0 Å². The molecule has 0 bridgehead atoms. The van der Waals surface area contributed by atoms with Crippen LogP contribution in [0.5, 0.6) is 0 Å². The first kappa shape index (κ1) is 14.4. The van der Waals surface area contributed by atoms with Crippen LogP contribution in [0.4, 0.5) is 0 Å². The monoisotopic (exact) mass is 278 g/mol. The Hall–Kier alpha value is -0.660. The fraction of sp³-hybridized carbons (Fsp3) is 0.700. The first-order valence-corrected chi connectivity index (χ1v) is 7.82. The zero-order valence-corrected chi connectivity index (χ0v) is 11.9. The first-order chi connectivity index (χ1) is 7.83. The van der Waals surface area contributed by atoms with Crippen LogP contribution >= 0.6 is 11.3 Å². The topological polar surface area (TPSA) is 79.0 Å². The Morgan fingerprint density at radius 2 is 2.06 bits per heavy atom. The number of aromatic amines is 1. The molecule has 0 aromatic carbocycles. The molecule has 0 saturated heterocycles. The minimum atomic E-state index is -3.53. The van der Waals surface area contributed by atoms with Gasteiger partial charge in [-0.2, -0.15) is 0 Å². The average Bonchev–Trinajstić information content (AvgIpc) is 2.53. The second kappa shape index (κ2) is 5.79. The van der Waals surface area contributed by atoms with Gasteiger partial charge < -0.3 is 4.98 Å². The third-order valence-electron chi connectivity index (χ3n) is 2.28. The number of aryl methyl sites for hydroxylation is 1. The molecule has 0 atom stereocenters. The number of thiazole rings is 1. The average molecular weight is 278 g/mol. The van der Waals surface area contributed by atoms with Crippen LogP contribution in [0.25, 0.3) is 0 Å². The highest BCUT2D eigenvalue weighted by Crippen LogP contribution is 2.15. The molecule has 0 spiro atoms. The Balaban J connectivity index is 2.64. The zero-order chi connectivity index (χ0) is 13.1. The van der Waals surface area contributed by atoms with E-state index in [4.69, 9.17) is 0 Å². The molecule has 0 aliphatic carbocycles. The van der Waals surface area contributed by atoms with Gasteiger partial charge in [0.25, 0.3) is 10.0 Å². The van der Waals surface area contributed by atoms with Gasteiger partial charge >= 0.3 is 4.87 Å². The van der Waals surface area contributed by atoms with E-state index in [0.29, 0.717) is 18.2 Å². The lowest BCUT2D eigenvalue weighted by atomic mass is 10.1. The summed E-state index contributed by atoms with van der Waals surface area (Å²) < 4.78 is 26.3. The van der Waals surface area contributed by atoms with E-state index in [-0.39, 0.29) is 9.08 Å². The molecular weight excluding hydrogens is 260 g/mol. The molecule has 1 rings (SSSR count). The summed E-state index contributed by atoms with van der Waals surface area (Å²) in [5.41, 5.74) is 0.399. The SMILES string of the molecule is Cc1[nH]c(=O)sc1S(=O)(=O)NCCCC(C)C. The van der Waals surface area contributed by atoms with E-state index < -0.39 is 10.0 Å². The van der Waals surface area contributed by atoms with Gasteiger partial charge in [0.05, 0.1) is 0 Å². The van der Waals surface area contributed by atoms with Gasteiger partial charge in [0.15, 0.2) is 4.21 Å². The highest BCUT2D eigenvalue weighted by molar-refractivity contribution is 7.91. The van der Waals surface area contributed by atoms with Crippen molar-refractivity contribution in [1.29, 1.82) is 0 Å². The highest BCUT2D eigenvalue weighted by atomic mass is 32.2. The van der Waals surface area contributed by atoms with Gasteiger partial charge in [-0.3, -0.25) is 4.79 Å². The Morgan fingerprint density at radius 3 is 2.53 bits per heavy atom. The van der Waals surface area contributed by atoms with Crippen LogP contribution < -0.4 is 9.60 Å². The minimum absolute atomic E-state index is 0.0899. The number of H-pyrrole nitrogens is 1. The molecule has 1 aromatic rings. The van der Waals surface area contributed by atoms with Crippen molar-refractivity contribution in [1.82, 2.24) is 9.71 Å². The summed E-state index contributed by atoms with van der Waals surface area (Å²) in [5, 5.41) is 0. The van der Waals surface area contributed by atoms with E-state index in [1.807, 2.05) is 0 Å². The van der Waals surface area contributed by atoms with Crippen molar-refractivity contribution in [3.63, 3.8) is 0 Å². The summed E-state index contributed by atoms with van der Waals surface area (Å²) in [4.78, 5) is 13.2. The lowest BCUT2D eigenvalue weighted by Crippen LogP contribution is -2.24. The van der Waals surface area contributed by atoms with E-state index in [1.54, 1.807) is 6.92 Å². The molecule has 0 aliphatic heterocycles. The Bertz CT molecular complexity index is 514. The quantitative estimate of drug-likeness (QED) is 0.773. The summed E-state index contributed by atoms with van der Waals surface area (Å²) in [6.45, 7) is 6.18. The number of rotatable bonds is 6. The summed E-state index contributed by atoms with van der Waals surface area (Å²) in [5.74, 6) is 0.560. The highest BCUT2D eigenvalue weighted by Gasteiger charge is 2.19. The third-order valence-corrected chi connectivity index (χ3v) is 5.34. The molecule has 98 valence electrons. The predicted molar refractivity (Wildman–Crippen MR) is 68.9 cm³/mol. The van der Waals surface area contributed by atoms with Crippen molar-refractivity contribution < 1.29 is 8.42 Å². The number of hydrogen-bond acceptors (Lipinski definition) is 4. The van der Waals surface area contributed by atoms with E-state index in [9.17, 15) is 13.2 Å². The van der Waals surface area contributed by atoms with Crippen LogP contribution in [0.1, 0.15) is 32.4 Å².